The van der Waals surface area contributed by atoms with Crippen LogP contribution in [0.3, 0.4) is 0 Å². The van der Waals surface area contributed by atoms with Crippen LogP contribution in [0.1, 0.15) is 26.4 Å². The van der Waals surface area contributed by atoms with Gasteiger partial charge in [0.2, 0.25) is 5.91 Å². The van der Waals surface area contributed by atoms with Gasteiger partial charge in [-0.25, -0.2) is 4.39 Å². The molecule has 0 radical (unpaired) electrons. The number of carbonyl (C=O) groups excluding carboxylic acids is 3. The SMILES string of the molecule is O=C(NCC(=O)N1CCN(C(=O)c2cc(F)ccc2C(F)(F)F)CC1)c1cc(-c2cccc(O)c2)on1. The molecule has 37 heavy (non-hydrogen) atoms. The van der Waals surface area contributed by atoms with Crippen molar-refractivity contribution in [2.45, 2.75) is 6.18 Å². The van der Waals surface area contributed by atoms with Crippen LogP contribution in [-0.2, 0) is 11.0 Å². The van der Waals surface area contributed by atoms with Gasteiger partial charge in [0.05, 0.1) is 17.7 Å². The van der Waals surface area contributed by atoms with Crippen LogP contribution in [0.2, 0.25) is 0 Å². The molecule has 0 unspecified atom stereocenters. The highest BCUT2D eigenvalue weighted by molar-refractivity contribution is 5.97. The third-order valence-electron chi connectivity index (χ3n) is 5.71. The molecule has 2 aromatic carbocycles. The molecule has 0 bridgehead atoms. The summed E-state index contributed by atoms with van der Waals surface area (Å²) in [5.41, 5.74) is -1.62. The largest absolute Gasteiger partial charge is 0.508 e. The number of halogens is 4. The number of nitrogens with one attached hydrogen (secondary N) is 1. The van der Waals surface area contributed by atoms with Crippen LogP contribution in [0.15, 0.2) is 53.1 Å². The van der Waals surface area contributed by atoms with Gasteiger partial charge in [-0.15, -0.1) is 0 Å². The lowest BCUT2D eigenvalue weighted by molar-refractivity contribution is -0.138. The summed E-state index contributed by atoms with van der Waals surface area (Å²) in [7, 11) is 0. The van der Waals surface area contributed by atoms with Gasteiger partial charge >= 0.3 is 6.18 Å². The molecule has 13 heteroatoms. The number of phenols is 1. The van der Waals surface area contributed by atoms with Crippen LogP contribution < -0.4 is 5.32 Å². The standard InChI is InChI=1S/C24H20F4N4O5/c25-15-4-5-18(24(26,27)28)17(11-15)23(36)32-8-6-31(7-9-32)21(34)13-29-22(35)19-12-20(37-30-19)14-2-1-3-16(33)10-14/h1-5,10-12,33H,6-9,13H2,(H,29,35). The highest BCUT2D eigenvalue weighted by Gasteiger charge is 2.37. The maximum absolute atomic E-state index is 13.6. The second-order valence-electron chi connectivity index (χ2n) is 8.17. The molecular formula is C24H20F4N4O5. The molecule has 2 heterocycles. The summed E-state index contributed by atoms with van der Waals surface area (Å²) < 4.78 is 58.4. The van der Waals surface area contributed by atoms with Gasteiger partial charge in [0, 0.05) is 37.8 Å². The number of rotatable bonds is 5. The van der Waals surface area contributed by atoms with Crippen molar-refractivity contribution in [1.82, 2.24) is 20.3 Å². The molecule has 4 rings (SSSR count). The van der Waals surface area contributed by atoms with Crippen molar-refractivity contribution >= 4 is 17.7 Å². The molecule has 194 valence electrons. The maximum atomic E-state index is 13.6. The van der Waals surface area contributed by atoms with Crippen LogP contribution in [0.5, 0.6) is 5.75 Å². The summed E-state index contributed by atoms with van der Waals surface area (Å²) in [6.45, 7) is -0.486. The number of carbonyl (C=O) groups is 3. The third kappa shape index (κ3) is 5.88. The van der Waals surface area contributed by atoms with E-state index in [4.69, 9.17) is 4.52 Å². The average Bonchev–Trinajstić information content (AvgIpc) is 3.36. The van der Waals surface area contributed by atoms with Gasteiger partial charge in [-0.2, -0.15) is 13.2 Å². The van der Waals surface area contributed by atoms with Gasteiger partial charge in [0.15, 0.2) is 11.5 Å². The Labute approximate surface area is 207 Å². The minimum absolute atomic E-state index is 0.00372. The van der Waals surface area contributed by atoms with E-state index in [-0.39, 0.29) is 49.9 Å². The Morgan fingerprint density at radius 3 is 2.38 bits per heavy atom. The molecule has 0 atom stereocenters. The fraction of sp³-hybridized carbons (Fsp3) is 0.250. The molecule has 0 aliphatic carbocycles. The van der Waals surface area contributed by atoms with Crippen molar-refractivity contribution in [1.29, 1.82) is 0 Å². The molecule has 9 nitrogen and oxygen atoms in total. The number of phenolic OH excluding ortho intramolecular Hbond substituents is 1. The normalized spacial score (nSPS) is 13.9. The second kappa shape index (κ2) is 10.3. The lowest BCUT2D eigenvalue weighted by Crippen LogP contribution is -2.52. The van der Waals surface area contributed by atoms with Crippen molar-refractivity contribution in [2.75, 3.05) is 32.7 Å². The topological polar surface area (TPSA) is 116 Å². The maximum Gasteiger partial charge on any atom is 0.417 e. The Bertz CT molecular complexity index is 1330. The number of alkyl halides is 3. The highest BCUT2D eigenvalue weighted by Crippen LogP contribution is 2.33. The molecule has 1 aliphatic heterocycles. The Morgan fingerprint density at radius 1 is 1.00 bits per heavy atom. The number of nitrogens with zero attached hydrogens (tertiary/aromatic N) is 3. The number of aromatic nitrogens is 1. The monoisotopic (exact) mass is 520 g/mol. The first-order valence-corrected chi connectivity index (χ1v) is 11.0. The lowest BCUT2D eigenvalue weighted by Gasteiger charge is -2.35. The highest BCUT2D eigenvalue weighted by atomic mass is 19.4. The van der Waals surface area contributed by atoms with Crippen LogP contribution in [0.25, 0.3) is 11.3 Å². The molecular weight excluding hydrogens is 500 g/mol. The fourth-order valence-corrected chi connectivity index (χ4v) is 3.81. The first kappa shape index (κ1) is 25.7. The molecule has 1 aromatic heterocycles. The van der Waals surface area contributed by atoms with E-state index in [9.17, 15) is 37.1 Å². The summed E-state index contributed by atoms with van der Waals surface area (Å²) >= 11 is 0. The minimum atomic E-state index is -4.83. The van der Waals surface area contributed by atoms with Gasteiger partial charge in [-0.1, -0.05) is 17.3 Å². The van der Waals surface area contributed by atoms with Gasteiger partial charge in [0.1, 0.15) is 11.6 Å². The summed E-state index contributed by atoms with van der Waals surface area (Å²) in [4.78, 5) is 40.0. The summed E-state index contributed by atoms with van der Waals surface area (Å²) in [5.74, 6) is -2.87. The Kier molecular flexibility index (Phi) is 7.14. The van der Waals surface area contributed by atoms with Gasteiger partial charge in [0.25, 0.3) is 11.8 Å². The van der Waals surface area contributed by atoms with Gasteiger partial charge in [-0.05, 0) is 30.3 Å². The van der Waals surface area contributed by atoms with Crippen molar-refractivity contribution in [2.24, 2.45) is 0 Å². The number of hydrogen-bond donors (Lipinski definition) is 2. The molecule has 1 fully saturated rings. The summed E-state index contributed by atoms with van der Waals surface area (Å²) in [6, 6.07) is 9.18. The zero-order chi connectivity index (χ0) is 26.7. The number of hydrogen-bond acceptors (Lipinski definition) is 6. The van der Waals surface area contributed by atoms with E-state index >= 15 is 0 Å². The molecule has 2 N–H and O–H groups in total. The van der Waals surface area contributed by atoms with Crippen molar-refractivity contribution in [3.8, 4) is 17.1 Å². The predicted molar refractivity (Wildman–Crippen MR) is 120 cm³/mol. The second-order valence-corrected chi connectivity index (χ2v) is 8.17. The van der Waals surface area contributed by atoms with Crippen molar-refractivity contribution in [3.63, 3.8) is 0 Å². The minimum Gasteiger partial charge on any atom is -0.508 e. The zero-order valence-corrected chi connectivity index (χ0v) is 19.1. The number of amides is 3. The van der Waals surface area contributed by atoms with E-state index in [1.54, 1.807) is 12.1 Å². The Balaban J connectivity index is 1.31. The summed E-state index contributed by atoms with van der Waals surface area (Å²) in [5, 5.41) is 15.6. The molecule has 1 aliphatic rings. The number of piperazine rings is 1. The van der Waals surface area contributed by atoms with E-state index < -0.39 is 40.8 Å². The van der Waals surface area contributed by atoms with E-state index in [1.807, 2.05) is 0 Å². The lowest BCUT2D eigenvalue weighted by atomic mass is 10.0. The van der Waals surface area contributed by atoms with E-state index in [2.05, 4.69) is 10.5 Å². The molecule has 3 aromatic rings. The van der Waals surface area contributed by atoms with E-state index in [1.165, 1.54) is 23.1 Å². The quantitative estimate of drug-likeness (QED) is 0.500. The fourth-order valence-electron chi connectivity index (χ4n) is 3.81. The zero-order valence-electron chi connectivity index (χ0n) is 19.1. The molecule has 1 saturated heterocycles. The van der Waals surface area contributed by atoms with Gasteiger partial charge in [-0.3, -0.25) is 14.4 Å². The smallest absolute Gasteiger partial charge is 0.417 e. The Morgan fingerprint density at radius 2 is 1.70 bits per heavy atom. The first-order valence-electron chi connectivity index (χ1n) is 11.0. The van der Waals surface area contributed by atoms with E-state index in [0.717, 1.165) is 4.90 Å². The number of aromatic hydroxyl groups is 1. The van der Waals surface area contributed by atoms with Crippen LogP contribution >= 0.6 is 0 Å². The predicted octanol–water partition coefficient (Wildman–Crippen LogP) is 2.92. The van der Waals surface area contributed by atoms with Crippen LogP contribution in [0.4, 0.5) is 17.6 Å². The van der Waals surface area contributed by atoms with Crippen molar-refractivity contribution < 1.29 is 41.6 Å². The third-order valence-corrected chi connectivity index (χ3v) is 5.71. The number of benzene rings is 2. The summed E-state index contributed by atoms with van der Waals surface area (Å²) in [6.07, 6.45) is -4.83. The molecule has 0 spiro atoms. The molecule has 0 saturated carbocycles. The van der Waals surface area contributed by atoms with Crippen LogP contribution in [-0.4, -0.2) is 70.5 Å². The van der Waals surface area contributed by atoms with Crippen LogP contribution in [0, 0.1) is 5.82 Å². The van der Waals surface area contributed by atoms with Gasteiger partial charge < -0.3 is 24.7 Å². The van der Waals surface area contributed by atoms with Crippen molar-refractivity contribution in [3.05, 3.63) is 71.2 Å². The molecule has 3 amide bonds. The van der Waals surface area contributed by atoms with E-state index in [0.29, 0.717) is 23.8 Å². The Hall–Kier alpha value is -4.42. The average molecular weight is 520 g/mol. The first-order chi connectivity index (χ1) is 17.5.